The van der Waals surface area contributed by atoms with Crippen molar-refractivity contribution < 1.29 is 9.15 Å². The molecule has 9 nitrogen and oxygen atoms in total. The van der Waals surface area contributed by atoms with E-state index < -0.39 is 6.04 Å². The summed E-state index contributed by atoms with van der Waals surface area (Å²) in [5, 5.41) is 14.1. The number of ether oxygens (including phenoxy) is 1. The van der Waals surface area contributed by atoms with Gasteiger partial charge in [-0.2, -0.15) is 0 Å². The fraction of sp³-hybridized carbons (Fsp3) is 0.500. The molecule has 37 heavy (non-hydrogen) atoms. The van der Waals surface area contributed by atoms with Crippen molar-refractivity contribution in [2.75, 3.05) is 13.2 Å². The molecule has 1 saturated heterocycles. The van der Waals surface area contributed by atoms with E-state index in [-0.39, 0.29) is 17.7 Å². The third kappa shape index (κ3) is 4.85. The zero-order valence-corrected chi connectivity index (χ0v) is 21.5. The fourth-order valence-corrected chi connectivity index (χ4v) is 5.90. The highest BCUT2D eigenvalue weighted by Crippen LogP contribution is 2.35. The molecular formula is C28H34N6O3. The molecular weight excluding hydrogens is 468 g/mol. The standard InChI is InChI=1S/C28H34N6O3/c1-18-13-20-15-24(28(35)29-25(20)14-19(18)2)26(27-30-31-32-34(27)21-7-3-4-8-21)33(16-22-9-5-11-36-22)17-23-10-6-12-37-23/h5,9,11,13-15,21,23,26H,3-4,6-8,10,12,16-17H2,1-2H3,(H,29,35)/t23-,26-/m0/s1. The summed E-state index contributed by atoms with van der Waals surface area (Å²) in [6, 6.07) is 9.84. The second-order valence-electron chi connectivity index (χ2n) is 10.5. The van der Waals surface area contributed by atoms with Crippen molar-refractivity contribution in [3.8, 4) is 0 Å². The number of aryl methyl sites for hydroxylation is 2. The average molecular weight is 503 g/mol. The Hall–Kier alpha value is -3.30. The number of furan rings is 1. The van der Waals surface area contributed by atoms with E-state index in [4.69, 9.17) is 9.15 Å². The topological polar surface area (TPSA) is 102 Å². The van der Waals surface area contributed by atoms with Gasteiger partial charge in [0.1, 0.15) is 11.8 Å². The van der Waals surface area contributed by atoms with Gasteiger partial charge < -0.3 is 14.1 Å². The number of nitrogens with zero attached hydrogens (tertiary/aromatic N) is 5. The number of hydrogen-bond donors (Lipinski definition) is 1. The maximum absolute atomic E-state index is 13.7. The molecule has 1 saturated carbocycles. The van der Waals surface area contributed by atoms with Crippen LogP contribution in [0, 0.1) is 13.8 Å². The molecule has 2 aliphatic rings. The third-order valence-corrected chi connectivity index (χ3v) is 7.98. The maximum Gasteiger partial charge on any atom is 0.253 e. The quantitative estimate of drug-likeness (QED) is 0.375. The van der Waals surface area contributed by atoms with Crippen LogP contribution in [0.3, 0.4) is 0 Å². The highest BCUT2D eigenvalue weighted by molar-refractivity contribution is 5.81. The van der Waals surface area contributed by atoms with E-state index in [2.05, 4.69) is 45.3 Å². The number of fused-ring (bicyclic) bond motifs is 1. The minimum atomic E-state index is -0.459. The Morgan fingerprint density at radius 3 is 2.73 bits per heavy atom. The van der Waals surface area contributed by atoms with Gasteiger partial charge in [-0.1, -0.05) is 12.8 Å². The molecule has 2 fully saturated rings. The molecule has 3 aromatic heterocycles. The van der Waals surface area contributed by atoms with Gasteiger partial charge in [0.05, 0.1) is 25.0 Å². The Balaban J connectivity index is 1.51. The minimum absolute atomic E-state index is 0.0812. The smallest absolute Gasteiger partial charge is 0.253 e. The lowest BCUT2D eigenvalue weighted by Crippen LogP contribution is -2.39. The lowest BCUT2D eigenvalue weighted by atomic mass is 10.00. The maximum atomic E-state index is 13.7. The van der Waals surface area contributed by atoms with Gasteiger partial charge in [0, 0.05) is 24.2 Å². The zero-order chi connectivity index (χ0) is 25.4. The highest BCUT2D eigenvalue weighted by atomic mass is 16.5. The number of nitrogens with one attached hydrogen (secondary N) is 1. The van der Waals surface area contributed by atoms with Gasteiger partial charge in [-0.3, -0.25) is 9.69 Å². The van der Waals surface area contributed by atoms with Crippen LogP contribution in [0.5, 0.6) is 0 Å². The predicted molar refractivity (Wildman–Crippen MR) is 139 cm³/mol. The number of pyridine rings is 1. The summed E-state index contributed by atoms with van der Waals surface area (Å²) in [6.45, 7) is 6.08. The van der Waals surface area contributed by atoms with Crippen molar-refractivity contribution in [3.63, 3.8) is 0 Å². The molecule has 1 aromatic carbocycles. The van der Waals surface area contributed by atoms with E-state index in [0.717, 1.165) is 67.4 Å². The molecule has 0 bridgehead atoms. The van der Waals surface area contributed by atoms with Crippen molar-refractivity contribution in [2.45, 2.75) is 77.1 Å². The predicted octanol–water partition coefficient (Wildman–Crippen LogP) is 4.61. The van der Waals surface area contributed by atoms with Crippen LogP contribution in [-0.2, 0) is 11.3 Å². The Morgan fingerprint density at radius 1 is 1.14 bits per heavy atom. The third-order valence-electron chi connectivity index (χ3n) is 7.98. The second-order valence-corrected chi connectivity index (χ2v) is 10.5. The van der Waals surface area contributed by atoms with Gasteiger partial charge in [-0.25, -0.2) is 4.68 Å². The highest BCUT2D eigenvalue weighted by Gasteiger charge is 2.35. The van der Waals surface area contributed by atoms with E-state index >= 15 is 0 Å². The van der Waals surface area contributed by atoms with E-state index in [1.165, 1.54) is 5.56 Å². The van der Waals surface area contributed by atoms with Crippen LogP contribution in [0.25, 0.3) is 10.9 Å². The molecule has 1 aliphatic carbocycles. The SMILES string of the molecule is Cc1cc2cc([C@@H](c3nnnn3C3CCCC3)N(Cc3ccco3)C[C@@H]3CCCO3)c(=O)[nH]c2cc1C. The molecule has 0 spiro atoms. The number of benzene rings is 1. The molecule has 194 valence electrons. The molecule has 0 amide bonds. The van der Waals surface area contributed by atoms with Crippen LogP contribution in [0.4, 0.5) is 0 Å². The van der Waals surface area contributed by atoms with Crippen LogP contribution < -0.4 is 5.56 Å². The molecule has 0 unspecified atom stereocenters. The van der Waals surface area contributed by atoms with E-state index in [1.54, 1.807) is 6.26 Å². The number of rotatable bonds is 8. The monoisotopic (exact) mass is 502 g/mol. The van der Waals surface area contributed by atoms with E-state index in [9.17, 15) is 4.79 Å². The van der Waals surface area contributed by atoms with Gasteiger partial charge >= 0.3 is 0 Å². The second kappa shape index (κ2) is 10.2. The first kappa shape index (κ1) is 24.1. The zero-order valence-electron chi connectivity index (χ0n) is 21.5. The first-order valence-corrected chi connectivity index (χ1v) is 13.4. The largest absolute Gasteiger partial charge is 0.468 e. The summed E-state index contributed by atoms with van der Waals surface area (Å²) in [5.41, 5.74) is 3.68. The van der Waals surface area contributed by atoms with Crippen molar-refractivity contribution in [1.29, 1.82) is 0 Å². The Bertz CT molecular complexity index is 1410. The van der Waals surface area contributed by atoms with Crippen LogP contribution in [0.1, 0.15) is 78.9 Å². The molecule has 2 atom stereocenters. The number of hydrogen-bond acceptors (Lipinski definition) is 7. The van der Waals surface area contributed by atoms with Crippen molar-refractivity contribution in [2.24, 2.45) is 0 Å². The van der Waals surface area contributed by atoms with Crippen LogP contribution >= 0.6 is 0 Å². The fourth-order valence-electron chi connectivity index (χ4n) is 5.90. The summed E-state index contributed by atoms with van der Waals surface area (Å²) >= 11 is 0. The number of H-pyrrole nitrogens is 1. The number of aromatic amines is 1. The van der Waals surface area contributed by atoms with Gasteiger partial charge in [-0.05, 0) is 96.8 Å². The average Bonchev–Trinajstić information content (AvgIpc) is 3.69. The van der Waals surface area contributed by atoms with E-state index in [1.807, 2.05) is 28.9 Å². The summed E-state index contributed by atoms with van der Waals surface area (Å²) in [4.78, 5) is 19.1. The summed E-state index contributed by atoms with van der Waals surface area (Å²) in [6.07, 6.45) is 8.21. The van der Waals surface area contributed by atoms with E-state index in [0.29, 0.717) is 24.5 Å². The first-order valence-electron chi connectivity index (χ1n) is 13.4. The summed E-state index contributed by atoms with van der Waals surface area (Å²) < 4.78 is 13.8. The van der Waals surface area contributed by atoms with Crippen molar-refractivity contribution in [3.05, 3.63) is 75.2 Å². The first-order chi connectivity index (χ1) is 18.1. The normalized spacial score (nSPS) is 19.4. The van der Waals surface area contributed by atoms with Crippen LogP contribution in [0.2, 0.25) is 0 Å². The summed E-state index contributed by atoms with van der Waals surface area (Å²) in [7, 11) is 0. The molecule has 4 aromatic rings. The lowest BCUT2D eigenvalue weighted by molar-refractivity contribution is 0.0541. The lowest BCUT2D eigenvalue weighted by Gasteiger charge is -2.32. The summed E-state index contributed by atoms with van der Waals surface area (Å²) in [5.74, 6) is 1.52. The van der Waals surface area contributed by atoms with Gasteiger partial charge in [-0.15, -0.1) is 5.10 Å². The van der Waals surface area contributed by atoms with Crippen molar-refractivity contribution in [1.82, 2.24) is 30.1 Å². The van der Waals surface area contributed by atoms with Crippen LogP contribution in [-0.4, -0.2) is 49.3 Å². The molecule has 6 rings (SSSR count). The Kier molecular flexibility index (Phi) is 6.65. The molecule has 0 radical (unpaired) electrons. The molecule has 1 N–H and O–H groups in total. The van der Waals surface area contributed by atoms with Gasteiger partial charge in [0.25, 0.3) is 5.56 Å². The van der Waals surface area contributed by atoms with Crippen LogP contribution in [0.15, 0.2) is 45.8 Å². The minimum Gasteiger partial charge on any atom is -0.468 e. The molecule has 4 heterocycles. The number of tetrazole rings is 1. The van der Waals surface area contributed by atoms with Gasteiger partial charge in [0.15, 0.2) is 5.82 Å². The van der Waals surface area contributed by atoms with Crippen molar-refractivity contribution >= 4 is 10.9 Å². The Morgan fingerprint density at radius 2 is 1.97 bits per heavy atom. The molecule has 9 heteroatoms. The number of aromatic nitrogens is 5. The Labute approximate surface area is 215 Å². The molecule has 1 aliphatic heterocycles. The van der Waals surface area contributed by atoms with Gasteiger partial charge in [0.2, 0.25) is 0 Å².